The molecule has 10 nitrogen and oxygen atoms in total. The number of aromatic amines is 1. The number of amides is 1. The van der Waals surface area contributed by atoms with Crippen molar-refractivity contribution < 1.29 is 13.2 Å². The highest BCUT2D eigenvalue weighted by atomic mass is 35.5. The predicted molar refractivity (Wildman–Crippen MR) is 121 cm³/mol. The zero-order valence-electron chi connectivity index (χ0n) is 17.2. The molecular weight excluding hydrogens is 466 g/mol. The van der Waals surface area contributed by atoms with Crippen molar-refractivity contribution in [2.24, 2.45) is 0 Å². The van der Waals surface area contributed by atoms with Crippen molar-refractivity contribution in [1.29, 1.82) is 0 Å². The standard InChI is InChI=1S/C21H18ClN7O3S/c22-15-4-5-16-14(11-15)12-19(25-16)33(31,32)29-9-7-28(8-10-29)21(30)18-13-24-20(27-26-18)17-3-1-2-6-23-17/h1-6,11-13,25H,7-10H2. The second kappa shape index (κ2) is 8.50. The van der Waals surface area contributed by atoms with E-state index < -0.39 is 10.0 Å². The van der Waals surface area contributed by atoms with Crippen LogP contribution in [0.4, 0.5) is 0 Å². The lowest BCUT2D eigenvalue weighted by atomic mass is 10.2. The normalized spacial score (nSPS) is 15.1. The van der Waals surface area contributed by atoms with Crippen LogP contribution in [0.2, 0.25) is 5.02 Å². The van der Waals surface area contributed by atoms with Crippen molar-refractivity contribution in [3.05, 3.63) is 65.6 Å². The zero-order valence-corrected chi connectivity index (χ0v) is 18.8. The van der Waals surface area contributed by atoms with E-state index in [1.807, 2.05) is 6.07 Å². The topological polar surface area (TPSA) is 125 Å². The second-order valence-electron chi connectivity index (χ2n) is 7.44. The number of rotatable bonds is 4. The summed E-state index contributed by atoms with van der Waals surface area (Å²) in [5, 5.41) is 9.33. The summed E-state index contributed by atoms with van der Waals surface area (Å²) in [5.74, 6) is -0.0254. The Bertz CT molecular complexity index is 1420. The SMILES string of the molecule is O=C(c1cnc(-c2ccccn2)nn1)N1CCN(S(=O)(=O)c2cc3cc(Cl)ccc3[nH]2)CC1. The summed E-state index contributed by atoms with van der Waals surface area (Å²) in [7, 11) is -3.74. The molecule has 0 aliphatic carbocycles. The van der Waals surface area contributed by atoms with Crippen LogP contribution in [0.15, 0.2) is 59.9 Å². The molecule has 1 aliphatic heterocycles. The average Bonchev–Trinajstić information content (AvgIpc) is 3.28. The van der Waals surface area contributed by atoms with Gasteiger partial charge in [-0.25, -0.2) is 13.4 Å². The summed E-state index contributed by atoms with van der Waals surface area (Å²) in [6.45, 7) is 0.787. The number of carbonyl (C=O) groups excluding carboxylic acids is 1. The van der Waals surface area contributed by atoms with E-state index in [1.165, 1.54) is 10.5 Å². The van der Waals surface area contributed by atoms with Crippen molar-refractivity contribution >= 4 is 38.4 Å². The second-order valence-corrected chi connectivity index (χ2v) is 9.79. The Morgan fingerprint density at radius 2 is 1.82 bits per heavy atom. The summed E-state index contributed by atoms with van der Waals surface area (Å²) in [4.78, 5) is 25.6. The minimum atomic E-state index is -3.74. The number of fused-ring (bicyclic) bond motifs is 1. The molecule has 0 spiro atoms. The van der Waals surface area contributed by atoms with Crippen molar-refractivity contribution in [3.8, 4) is 11.5 Å². The molecule has 4 aromatic rings. The molecule has 0 radical (unpaired) electrons. The highest BCUT2D eigenvalue weighted by Gasteiger charge is 2.32. The molecule has 12 heteroatoms. The van der Waals surface area contributed by atoms with E-state index >= 15 is 0 Å². The smallest absolute Gasteiger partial charge is 0.276 e. The van der Waals surface area contributed by atoms with Gasteiger partial charge >= 0.3 is 0 Å². The lowest BCUT2D eigenvalue weighted by Gasteiger charge is -2.33. The Morgan fingerprint density at radius 3 is 2.52 bits per heavy atom. The summed E-state index contributed by atoms with van der Waals surface area (Å²) in [5.41, 5.74) is 1.34. The molecule has 3 aromatic heterocycles. The Labute approximate surface area is 194 Å². The molecule has 0 bridgehead atoms. The largest absolute Gasteiger partial charge is 0.345 e. The predicted octanol–water partition coefficient (Wildman–Crippen LogP) is 2.21. The van der Waals surface area contributed by atoms with Gasteiger partial charge in [-0.3, -0.25) is 9.78 Å². The number of carbonyl (C=O) groups is 1. The van der Waals surface area contributed by atoms with E-state index in [9.17, 15) is 13.2 Å². The first-order valence-electron chi connectivity index (χ1n) is 10.1. The first kappa shape index (κ1) is 21.4. The fourth-order valence-corrected chi connectivity index (χ4v) is 5.25. The van der Waals surface area contributed by atoms with Crippen molar-refractivity contribution in [1.82, 2.24) is 34.4 Å². The van der Waals surface area contributed by atoms with Gasteiger partial charge in [0.2, 0.25) is 0 Å². The molecule has 33 heavy (non-hydrogen) atoms. The van der Waals surface area contributed by atoms with Gasteiger partial charge in [-0.15, -0.1) is 10.2 Å². The maximum Gasteiger partial charge on any atom is 0.276 e. The van der Waals surface area contributed by atoms with Gasteiger partial charge in [-0.05, 0) is 36.4 Å². The van der Waals surface area contributed by atoms with Crippen LogP contribution in [0.3, 0.4) is 0 Å². The first-order chi connectivity index (χ1) is 15.9. The summed E-state index contributed by atoms with van der Waals surface area (Å²) >= 11 is 6.00. The molecule has 0 atom stereocenters. The molecule has 0 unspecified atom stereocenters. The van der Waals surface area contributed by atoms with Crippen molar-refractivity contribution in [3.63, 3.8) is 0 Å². The van der Waals surface area contributed by atoms with E-state index in [0.717, 1.165) is 5.39 Å². The molecule has 1 aliphatic rings. The number of pyridine rings is 1. The quantitative estimate of drug-likeness (QED) is 0.471. The third kappa shape index (κ3) is 4.17. The van der Waals surface area contributed by atoms with E-state index in [4.69, 9.17) is 11.6 Å². The Morgan fingerprint density at radius 1 is 1.00 bits per heavy atom. The van der Waals surface area contributed by atoms with E-state index in [-0.39, 0.29) is 42.8 Å². The number of nitrogens with one attached hydrogen (secondary N) is 1. The number of halogens is 1. The number of sulfonamides is 1. The molecule has 0 saturated carbocycles. The molecule has 1 saturated heterocycles. The number of H-pyrrole nitrogens is 1. The minimum Gasteiger partial charge on any atom is -0.345 e. The third-order valence-corrected chi connectivity index (χ3v) is 7.43. The summed E-state index contributed by atoms with van der Waals surface area (Å²) in [6, 6.07) is 12.0. The lowest BCUT2D eigenvalue weighted by molar-refractivity contribution is 0.0690. The van der Waals surface area contributed by atoms with Gasteiger partial charge in [0.1, 0.15) is 10.7 Å². The van der Waals surface area contributed by atoms with E-state index in [1.54, 1.807) is 47.5 Å². The molecular formula is C21H18ClN7O3S. The van der Waals surface area contributed by atoms with Crippen LogP contribution in [-0.4, -0.2) is 74.9 Å². The maximum absolute atomic E-state index is 13.1. The van der Waals surface area contributed by atoms with Gasteiger partial charge in [-0.2, -0.15) is 4.31 Å². The number of hydrogen-bond donors (Lipinski definition) is 1. The lowest BCUT2D eigenvalue weighted by Crippen LogP contribution is -2.50. The van der Waals surface area contributed by atoms with Crippen LogP contribution in [-0.2, 0) is 10.0 Å². The third-order valence-electron chi connectivity index (χ3n) is 5.38. The molecule has 1 N–H and O–H groups in total. The van der Waals surface area contributed by atoms with Gasteiger partial charge in [0.25, 0.3) is 15.9 Å². The molecule has 1 amide bonds. The van der Waals surface area contributed by atoms with Gasteiger partial charge in [0.05, 0.1) is 6.20 Å². The highest BCUT2D eigenvalue weighted by molar-refractivity contribution is 7.89. The Hall–Kier alpha value is -3.41. The Kier molecular flexibility index (Phi) is 5.52. The monoisotopic (exact) mass is 483 g/mol. The van der Waals surface area contributed by atoms with Gasteiger partial charge in [-0.1, -0.05) is 17.7 Å². The minimum absolute atomic E-state index is 0.0958. The zero-order chi connectivity index (χ0) is 23.0. The number of nitrogens with zero attached hydrogens (tertiary/aromatic N) is 6. The van der Waals surface area contributed by atoms with Crippen LogP contribution in [0.25, 0.3) is 22.4 Å². The van der Waals surface area contributed by atoms with Gasteiger partial charge in [0, 0.05) is 48.3 Å². The first-order valence-corrected chi connectivity index (χ1v) is 11.9. The molecule has 5 rings (SSSR count). The van der Waals surface area contributed by atoms with Gasteiger partial charge < -0.3 is 9.88 Å². The fourth-order valence-electron chi connectivity index (χ4n) is 3.63. The van der Waals surface area contributed by atoms with Gasteiger partial charge in [0.15, 0.2) is 11.5 Å². The van der Waals surface area contributed by atoms with E-state index in [0.29, 0.717) is 22.1 Å². The van der Waals surface area contributed by atoms with Crippen molar-refractivity contribution in [2.75, 3.05) is 26.2 Å². The van der Waals surface area contributed by atoms with Crippen molar-refractivity contribution in [2.45, 2.75) is 5.03 Å². The highest BCUT2D eigenvalue weighted by Crippen LogP contribution is 2.25. The fraction of sp³-hybridized carbons (Fsp3) is 0.190. The maximum atomic E-state index is 13.1. The summed E-state index contributed by atoms with van der Waals surface area (Å²) in [6.07, 6.45) is 2.98. The number of benzene rings is 1. The van der Waals surface area contributed by atoms with E-state index in [2.05, 4.69) is 25.1 Å². The van der Waals surface area contributed by atoms with Crippen LogP contribution in [0, 0.1) is 0 Å². The molecule has 1 fully saturated rings. The Balaban J connectivity index is 1.26. The number of aromatic nitrogens is 5. The van der Waals surface area contributed by atoms with Crippen LogP contribution >= 0.6 is 11.6 Å². The van der Waals surface area contributed by atoms with Crippen LogP contribution in [0.1, 0.15) is 10.5 Å². The summed E-state index contributed by atoms with van der Waals surface area (Å²) < 4.78 is 27.5. The molecule has 168 valence electrons. The number of hydrogen-bond acceptors (Lipinski definition) is 7. The van der Waals surface area contributed by atoms with Crippen LogP contribution < -0.4 is 0 Å². The number of piperazine rings is 1. The van der Waals surface area contributed by atoms with Crippen LogP contribution in [0.5, 0.6) is 0 Å². The average molecular weight is 484 g/mol. The molecule has 1 aromatic carbocycles. The molecule has 4 heterocycles.